The average Bonchev–Trinajstić information content (AvgIpc) is 2.46. The summed E-state index contributed by atoms with van der Waals surface area (Å²) in [5.41, 5.74) is -0.292. The Bertz CT molecular complexity index is 597. The van der Waals surface area contributed by atoms with Gasteiger partial charge in [-0.1, -0.05) is 11.6 Å². The predicted molar refractivity (Wildman–Crippen MR) is 72.3 cm³/mol. The van der Waals surface area contributed by atoms with Crippen molar-refractivity contribution >= 4 is 23.2 Å². The second-order valence-corrected chi connectivity index (χ2v) is 5.07. The number of halogens is 1. The second kappa shape index (κ2) is 5.88. The van der Waals surface area contributed by atoms with Crippen molar-refractivity contribution in [3.63, 3.8) is 0 Å². The molecule has 1 aromatic rings. The number of nitro groups is 1. The number of piperidine rings is 1. The molecule has 1 atom stereocenters. The van der Waals surface area contributed by atoms with Gasteiger partial charge in [-0.15, -0.1) is 0 Å². The zero-order chi connectivity index (χ0) is 14.7. The van der Waals surface area contributed by atoms with Gasteiger partial charge in [0.2, 0.25) is 0 Å². The van der Waals surface area contributed by atoms with Crippen LogP contribution >= 0.6 is 11.6 Å². The quantitative estimate of drug-likeness (QED) is 0.619. The third kappa shape index (κ3) is 2.89. The summed E-state index contributed by atoms with van der Waals surface area (Å²) in [6.45, 7) is 0.805. The number of carbonyl (C=O) groups is 1. The van der Waals surface area contributed by atoms with Gasteiger partial charge >= 0.3 is 0 Å². The number of hydrogen-bond donors (Lipinski definition) is 0. The third-order valence-corrected chi connectivity index (χ3v) is 3.51. The van der Waals surface area contributed by atoms with Gasteiger partial charge in [0.1, 0.15) is 5.56 Å². The van der Waals surface area contributed by atoms with E-state index in [-0.39, 0.29) is 22.2 Å². The Morgan fingerprint density at radius 3 is 2.95 bits per heavy atom. The van der Waals surface area contributed by atoms with E-state index >= 15 is 0 Å². The number of benzene rings is 1. The van der Waals surface area contributed by atoms with Crippen LogP contribution in [0.15, 0.2) is 18.2 Å². The Hall–Kier alpha value is -2.13. The van der Waals surface area contributed by atoms with E-state index in [1.54, 1.807) is 0 Å². The monoisotopic (exact) mass is 293 g/mol. The molecule has 104 valence electrons. The first-order valence-corrected chi connectivity index (χ1v) is 6.53. The summed E-state index contributed by atoms with van der Waals surface area (Å²) >= 11 is 5.81. The van der Waals surface area contributed by atoms with E-state index in [0.29, 0.717) is 13.1 Å². The molecule has 0 saturated carbocycles. The number of nitro benzene ring substituents is 1. The molecule has 0 aromatic heterocycles. The summed E-state index contributed by atoms with van der Waals surface area (Å²) in [6, 6.07) is 6.04. The van der Waals surface area contributed by atoms with Crippen molar-refractivity contribution in [1.29, 1.82) is 5.26 Å². The van der Waals surface area contributed by atoms with Gasteiger partial charge in [-0.05, 0) is 25.0 Å². The number of nitriles is 1. The van der Waals surface area contributed by atoms with Crippen molar-refractivity contribution in [3.05, 3.63) is 38.9 Å². The van der Waals surface area contributed by atoms with Crippen LogP contribution in [0.4, 0.5) is 5.69 Å². The maximum Gasteiger partial charge on any atom is 0.282 e. The van der Waals surface area contributed by atoms with Crippen LogP contribution in [0.1, 0.15) is 23.2 Å². The molecule has 1 aliphatic rings. The maximum atomic E-state index is 12.4. The number of amides is 1. The van der Waals surface area contributed by atoms with Crippen molar-refractivity contribution < 1.29 is 9.72 Å². The number of hydrogen-bond acceptors (Lipinski definition) is 4. The van der Waals surface area contributed by atoms with Gasteiger partial charge in [-0.25, -0.2) is 0 Å². The molecule has 2 rings (SSSR count). The number of rotatable bonds is 2. The molecular formula is C13H12ClN3O3. The minimum atomic E-state index is -0.602. The first kappa shape index (κ1) is 14.3. The standard InChI is InChI=1S/C13H12ClN3O3/c14-10-3-4-12(17(19)20)11(6-10)13(18)16-5-1-2-9(7-15)8-16/h3-4,6,9H,1-2,5,8H2. The smallest absolute Gasteiger partial charge is 0.282 e. The molecule has 1 heterocycles. The zero-order valence-electron chi connectivity index (χ0n) is 10.6. The molecule has 1 saturated heterocycles. The van der Waals surface area contributed by atoms with Crippen LogP contribution in [0.2, 0.25) is 5.02 Å². The van der Waals surface area contributed by atoms with Crippen molar-refractivity contribution in [3.8, 4) is 6.07 Å². The Labute approximate surface area is 120 Å². The maximum absolute atomic E-state index is 12.4. The topological polar surface area (TPSA) is 87.2 Å². The molecule has 1 fully saturated rings. The molecule has 1 unspecified atom stereocenters. The summed E-state index contributed by atoms with van der Waals surface area (Å²) in [6.07, 6.45) is 1.47. The molecule has 0 spiro atoms. The molecule has 1 amide bonds. The fourth-order valence-electron chi connectivity index (χ4n) is 2.28. The van der Waals surface area contributed by atoms with Gasteiger partial charge in [0, 0.05) is 24.2 Å². The molecule has 20 heavy (non-hydrogen) atoms. The van der Waals surface area contributed by atoms with Crippen molar-refractivity contribution in [2.24, 2.45) is 5.92 Å². The van der Waals surface area contributed by atoms with Crippen LogP contribution in [0, 0.1) is 27.4 Å². The largest absolute Gasteiger partial charge is 0.337 e. The van der Waals surface area contributed by atoms with Gasteiger partial charge in [0.15, 0.2) is 0 Å². The minimum absolute atomic E-state index is 0.0268. The molecule has 0 N–H and O–H groups in total. The van der Waals surface area contributed by atoms with E-state index in [9.17, 15) is 14.9 Å². The Morgan fingerprint density at radius 1 is 1.55 bits per heavy atom. The summed E-state index contributed by atoms with van der Waals surface area (Å²) in [5, 5.41) is 20.2. The minimum Gasteiger partial charge on any atom is -0.337 e. The van der Waals surface area contributed by atoms with Crippen LogP contribution < -0.4 is 0 Å². The van der Waals surface area contributed by atoms with E-state index in [1.807, 2.05) is 0 Å². The van der Waals surface area contributed by atoms with Gasteiger partial charge in [0.25, 0.3) is 11.6 Å². The predicted octanol–water partition coefficient (Wildman–Crippen LogP) is 2.62. The number of nitrogens with zero attached hydrogens (tertiary/aromatic N) is 3. The second-order valence-electron chi connectivity index (χ2n) is 4.64. The van der Waals surface area contributed by atoms with Gasteiger partial charge in [-0.3, -0.25) is 14.9 Å². The van der Waals surface area contributed by atoms with Crippen molar-refractivity contribution in [2.75, 3.05) is 13.1 Å². The molecule has 1 aromatic carbocycles. The molecule has 0 bridgehead atoms. The van der Waals surface area contributed by atoms with Gasteiger partial charge in [-0.2, -0.15) is 5.26 Å². The highest BCUT2D eigenvalue weighted by Crippen LogP contribution is 2.26. The molecular weight excluding hydrogens is 282 g/mol. The lowest BCUT2D eigenvalue weighted by molar-refractivity contribution is -0.385. The Balaban J connectivity index is 2.31. The lowest BCUT2D eigenvalue weighted by Gasteiger charge is -2.29. The first-order valence-electron chi connectivity index (χ1n) is 6.15. The number of carbonyl (C=O) groups excluding carboxylic acids is 1. The summed E-state index contributed by atoms with van der Waals surface area (Å²) in [4.78, 5) is 24.3. The Morgan fingerprint density at radius 2 is 2.30 bits per heavy atom. The van der Waals surface area contributed by atoms with Crippen molar-refractivity contribution in [1.82, 2.24) is 4.90 Å². The van der Waals surface area contributed by atoms with Crippen LogP contribution in [0.3, 0.4) is 0 Å². The molecule has 0 aliphatic carbocycles. The molecule has 0 radical (unpaired) electrons. The van der Waals surface area contributed by atoms with E-state index in [1.165, 1.54) is 23.1 Å². The molecule has 1 aliphatic heterocycles. The zero-order valence-corrected chi connectivity index (χ0v) is 11.3. The first-order chi connectivity index (χ1) is 9.52. The molecule has 7 heteroatoms. The van der Waals surface area contributed by atoms with E-state index in [0.717, 1.165) is 12.8 Å². The van der Waals surface area contributed by atoms with Gasteiger partial charge < -0.3 is 4.90 Å². The normalized spacial score (nSPS) is 18.4. The Kier molecular flexibility index (Phi) is 4.20. The van der Waals surface area contributed by atoms with E-state index in [4.69, 9.17) is 16.9 Å². The fourth-order valence-corrected chi connectivity index (χ4v) is 2.45. The van der Waals surface area contributed by atoms with Crippen LogP contribution in [0.25, 0.3) is 0 Å². The summed E-state index contributed by atoms with van der Waals surface area (Å²) < 4.78 is 0. The highest BCUT2D eigenvalue weighted by molar-refractivity contribution is 6.31. The van der Waals surface area contributed by atoms with Gasteiger partial charge in [0.05, 0.1) is 16.9 Å². The average molecular weight is 294 g/mol. The molecule has 6 nitrogen and oxygen atoms in total. The summed E-state index contributed by atoms with van der Waals surface area (Å²) in [7, 11) is 0. The van der Waals surface area contributed by atoms with Crippen LogP contribution in [-0.2, 0) is 0 Å². The third-order valence-electron chi connectivity index (χ3n) is 3.28. The SMILES string of the molecule is N#CC1CCCN(C(=O)c2cc(Cl)ccc2[N+](=O)[O-])C1. The highest BCUT2D eigenvalue weighted by Gasteiger charge is 2.29. The highest BCUT2D eigenvalue weighted by atomic mass is 35.5. The van der Waals surface area contributed by atoms with Crippen molar-refractivity contribution in [2.45, 2.75) is 12.8 Å². The lowest BCUT2D eigenvalue weighted by atomic mass is 9.99. The fraction of sp³-hybridized carbons (Fsp3) is 0.385. The van der Waals surface area contributed by atoms with E-state index < -0.39 is 10.8 Å². The van der Waals surface area contributed by atoms with E-state index in [2.05, 4.69) is 6.07 Å². The lowest BCUT2D eigenvalue weighted by Crippen LogP contribution is -2.39. The van der Waals surface area contributed by atoms with Crippen LogP contribution in [-0.4, -0.2) is 28.8 Å². The number of likely N-dealkylation sites (tertiary alicyclic amines) is 1. The summed E-state index contributed by atoms with van der Waals surface area (Å²) in [5.74, 6) is -0.662. The van der Waals surface area contributed by atoms with Crippen LogP contribution in [0.5, 0.6) is 0 Å².